The lowest BCUT2D eigenvalue weighted by atomic mass is 9.76. The molecular formula is C29H38FN3O5. The van der Waals surface area contributed by atoms with Crippen LogP contribution in [-0.2, 0) is 9.59 Å². The second-order valence-electron chi connectivity index (χ2n) is 11.4. The van der Waals surface area contributed by atoms with Crippen LogP contribution in [0.3, 0.4) is 0 Å². The summed E-state index contributed by atoms with van der Waals surface area (Å²) in [5, 5.41) is 12.8. The van der Waals surface area contributed by atoms with Crippen LogP contribution in [0.1, 0.15) is 74.8 Å². The Bertz CT molecular complexity index is 1170. The fourth-order valence-electron chi connectivity index (χ4n) is 7.05. The van der Waals surface area contributed by atoms with E-state index in [0.717, 1.165) is 44.9 Å². The number of carbonyl (C=O) groups excluding carboxylic acids is 2. The van der Waals surface area contributed by atoms with Crippen molar-refractivity contribution in [3.05, 3.63) is 30.0 Å². The number of amides is 2. The summed E-state index contributed by atoms with van der Waals surface area (Å²) in [4.78, 5) is 40.7. The quantitative estimate of drug-likeness (QED) is 0.467. The number of hydrogen-bond acceptors (Lipinski definition) is 5. The van der Waals surface area contributed by atoms with Crippen LogP contribution in [0, 0.1) is 23.7 Å². The molecule has 2 saturated carbocycles. The molecule has 38 heavy (non-hydrogen) atoms. The number of benzene rings is 1. The number of nitrogens with one attached hydrogen (secondary N) is 1. The summed E-state index contributed by atoms with van der Waals surface area (Å²) in [5.41, 5.74) is 6.90. The van der Waals surface area contributed by atoms with E-state index in [9.17, 15) is 23.9 Å². The Labute approximate surface area is 222 Å². The zero-order chi connectivity index (χ0) is 26.8. The van der Waals surface area contributed by atoms with Crippen LogP contribution in [0.2, 0.25) is 0 Å². The Morgan fingerprint density at radius 2 is 1.79 bits per heavy atom. The third kappa shape index (κ3) is 5.44. The maximum atomic E-state index is 13.8. The second-order valence-corrected chi connectivity index (χ2v) is 11.4. The Morgan fingerprint density at radius 1 is 1.05 bits per heavy atom. The second kappa shape index (κ2) is 11.4. The molecule has 1 saturated heterocycles. The largest absolute Gasteiger partial charge is 0.475 e. The number of nitrogens with two attached hydrogens (primary N) is 1. The molecule has 3 atom stereocenters. The molecule has 1 aromatic carbocycles. The predicted octanol–water partition coefficient (Wildman–Crippen LogP) is 4.97. The zero-order valence-electron chi connectivity index (χ0n) is 21.7. The smallest absolute Gasteiger partial charge is 0.371 e. The molecule has 2 aliphatic carbocycles. The van der Waals surface area contributed by atoms with Crippen LogP contribution in [0.15, 0.2) is 28.7 Å². The summed E-state index contributed by atoms with van der Waals surface area (Å²) >= 11 is 0. The van der Waals surface area contributed by atoms with Crippen molar-refractivity contribution in [2.45, 2.75) is 76.3 Å². The van der Waals surface area contributed by atoms with E-state index in [0.29, 0.717) is 42.0 Å². The van der Waals surface area contributed by atoms with Gasteiger partial charge in [-0.05, 0) is 74.1 Å². The monoisotopic (exact) mass is 527 g/mol. The number of aromatic carboxylic acids is 1. The number of rotatable bonds is 7. The van der Waals surface area contributed by atoms with E-state index in [1.54, 1.807) is 18.2 Å². The molecular weight excluding hydrogens is 489 g/mol. The summed E-state index contributed by atoms with van der Waals surface area (Å²) in [6, 6.07) is 5.48. The predicted molar refractivity (Wildman–Crippen MR) is 141 cm³/mol. The molecule has 0 spiro atoms. The molecule has 9 heteroatoms. The van der Waals surface area contributed by atoms with E-state index in [2.05, 4.69) is 5.32 Å². The standard InChI is InChI=1S/C29H38FN3O5/c30-16-23(31)18-6-8-19(9-7-18)28(35)33-13-12-22(17-4-2-1-3-5-17)26(33)27(34)32-21-10-11-24-20(14-21)15-25(38-24)29(36)37/h10-11,14-15,17-19,22-23,26H,1-9,12-13,16,31H2,(H,32,34)(H,36,37)/t18-,19-,22-,23+,26-/m0/s1. The lowest BCUT2D eigenvalue weighted by Gasteiger charge is -2.36. The molecule has 2 aromatic rings. The first-order valence-corrected chi connectivity index (χ1v) is 14.1. The van der Waals surface area contributed by atoms with Gasteiger partial charge in [-0.1, -0.05) is 32.1 Å². The van der Waals surface area contributed by atoms with Crippen molar-refractivity contribution in [3.63, 3.8) is 0 Å². The minimum absolute atomic E-state index is 0.0344. The Morgan fingerprint density at radius 3 is 2.47 bits per heavy atom. The van der Waals surface area contributed by atoms with Crippen LogP contribution in [-0.4, -0.2) is 53.1 Å². The van der Waals surface area contributed by atoms with Crippen molar-refractivity contribution in [2.75, 3.05) is 18.5 Å². The number of halogens is 1. The maximum absolute atomic E-state index is 13.8. The first-order chi connectivity index (χ1) is 18.4. The molecule has 1 aliphatic heterocycles. The highest BCUT2D eigenvalue weighted by molar-refractivity contribution is 6.00. The molecule has 8 nitrogen and oxygen atoms in total. The molecule has 3 aliphatic rings. The van der Waals surface area contributed by atoms with Gasteiger partial charge in [0.25, 0.3) is 0 Å². The number of nitrogens with zero attached hydrogens (tertiary/aromatic N) is 1. The molecule has 2 amide bonds. The van der Waals surface area contributed by atoms with E-state index < -0.39 is 24.7 Å². The van der Waals surface area contributed by atoms with Crippen LogP contribution >= 0.6 is 0 Å². The van der Waals surface area contributed by atoms with Crippen molar-refractivity contribution in [1.82, 2.24) is 4.90 Å². The summed E-state index contributed by atoms with van der Waals surface area (Å²) < 4.78 is 18.4. The average molecular weight is 528 g/mol. The highest BCUT2D eigenvalue weighted by Gasteiger charge is 2.47. The van der Waals surface area contributed by atoms with Gasteiger partial charge < -0.3 is 25.5 Å². The van der Waals surface area contributed by atoms with Crippen molar-refractivity contribution in [1.29, 1.82) is 0 Å². The highest BCUT2D eigenvalue weighted by atomic mass is 19.1. The van der Waals surface area contributed by atoms with Crippen molar-refractivity contribution in [2.24, 2.45) is 29.4 Å². The van der Waals surface area contributed by atoms with Crippen molar-refractivity contribution in [3.8, 4) is 0 Å². The normalized spacial score (nSPS) is 27.4. The fourth-order valence-corrected chi connectivity index (χ4v) is 7.05. The number of likely N-dealkylation sites (tertiary alicyclic amines) is 1. The number of carbonyl (C=O) groups is 3. The first kappa shape index (κ1) is 26.7. The van der Waals surface area contributed by atoms with Crippen LogP contribution in [0.4, 0.5) is 10.1 Å². The van der Waals surface area contributed by atoms with Crippen molar-refractivity contribution >= 4 is 34.4 Å². The Balaban J connectivity index is 1.34. The molecule has 1 aromatic heterocycles. The van der Waals surface area contributed by atoms with Gasteiger partial charge in [-0.3, -0.25) is 9.59 Å². The molecule has 4 N–H and O–H groups in total. The average Bonchev–Trinajstić information content (AvgIpc) is 3.58. The maximum Gasteiger partial charge on any atom is 0.371 e. The summed E-state index contributed by atoms with van der Waals surface area (Å²) in [5.74, 6) is -0.977. The number of alkyl halides is 1. The number of carboxylic acid groups (broad SMARTS) is 1. The number of hydrogen-bond donors (Lipinski definition) is 3. The highest BCUT2D eigenvalue weighted by Crippen LogP contribution is 2.41. The number of fused-ring (bicyclic) bond motifs is 1. The van der Waals surface area contributed by atoms with Gasteiger partial charge >= 0.3 is 5.97 Å². The van der Waals surface area contributed by atoms with E-state index in [1.807, 2.05) is 4.90 Å². The Hall–Kier alpha value is -2.94. The zero-order valence-corrected chi connectivity index (χ0v) is 21.7. The summed E-state index contributed by atoms with van der Waals surface area (Å²) in [6.07, 6.45) is 9.36. The van der Waals surface area contributed by atoms with Gasteiger partial charge in [0, 0.05) is 29.6 Å². The number of anilines is 1. The SMILES string of the molecule is N[C@H](CF)[C@H]1CC[C@H](C(=O)N2CC[C@@H](C3CCCCC3)[C@H]2C(=O)Nc2ccc3oc(C(=O)O)cc3c2)CC1. The number of furan rings is 1. The van der Waals surface area contributed by atoms with Crippen LogP contribution in [0.5, 0.6) is 0 Å². The first-order valence-electron chi connectivity index (χ1n) is 14.1. The molecule has 3 fully saturated rings. The summed E-state index contributed by atoms with van der Waals surface area (Å²) in [6.45, 7) is 0.0354. The van der Waals surface area contributed by atoms with Crippen LogP contribution < -0.4 is 11.1 Å². The van der Waals surface area contributed by atoms with E-state index in [4.69, 9.17) is 10.2 Å². The molecule has 0 radical (unpaired) electrons. The molecule has 0 bridgehead atoms. The molecule has 0 unspecified atom stereocenters. The fraction of sp³-hybridized carbons (Fsp3) is 0.621. The third-order valence-electron chi connectivity index (χ3n) is 9.15. The minimum atomic E-state index is -1.15. The lowest BCUT2D eigenvalue weighted by molar-refractivity contribution is -0.142. The molecule has 206 valence electrons. The molecule has 2 heterocycles. The van der Waals surface area contributed by atoms with Gasteiger partial charge in [-0.15, -0.1) is 0 Å². The van der Waals surface area contributed by atoms with E-state index in [1.165, 1.54) is 12.5 Å². The topological polar surface area (TPSA) is 126 Å². The third-order valence-corrected chi connectivity index (χ3v) is 9.15. The lowest BCUT2D eigenvalue weighted by Crippen LogP contribution is -2.50. The summed E-state index contributed by atoms with van der Waals surface area (Å²) in [7, 11) is 0. The van der Waals surface area contributed by atoms with Gasteiger partial charge in [0.2, 0.25) is 17.6 Å². The van der Waals surface area contributed by atoms with E-state index in [-0.39, 0.29) is 35.3 Å². The van der Waals surface area contributed by atoms with Crippen molar-refractivity contribution < 1.29 is 28.3 Å². The molecule has 5 rings (SSSR count). The Kier molecular flexibility index (Phi) is 8.02. The van der Waals surface area contributed by atoms with Gasteiger partial charge in [0.05, 0.1) is 0 Å². The van der Waals surface area contributed by atoms with Gasteiger partial charge in [-0.25, -0.2) is 9.18 Å². The van der Waals surface area contributed by atoms with Gasteiger partial charge in [0.15, 0.2) is 0 Å². The number of carboxylic acids is 1. The van der Waals surface area contributed by atoms with Gasteiger partial charge in [0.1, 0.15) is 18.3 Å². The van der Waals surface area contributed by atoms with E-state index >= 15 is 0 Å². The van der Waals surface area contributed by atoms with Crippen LogP contribution in [0.25, 0.3) is 11.0 Å². The minimum Gasteiger partial charge on any atom is -0.475 e. The van der Waals surface area contributed by atoms with Gasteiger partial charge in [-0.2, -0.15) is 0 Å².